The number of fused-ring (bicyclic) bond motifs is 1. The molecular formula is C10H11N. The Bertz CT molecular complexity index is 376. The zero-order chi connectivity index (χ0) is 7.68. The molecule has 1 aliphatic rings. The zero-order valence-corrected chi connectivity index (χ0v) is 6.67. The van der Waals surface area contributed by atoms with E-state index < -0.39 is 0 Å². The normalized spacial score (nSPS) is 14.6. The van der Waals surface area contributed by atoms with E-state index in [-0.39, 0.29) is 0 Å². The lowest BCUT2D eigenvalue weighted by Gasteiger charge is -2.00. The van der Waals surface area contributed by atoms with Gasteiger partial charge in [-0.15, -0.1) is 0 Å². The Morgan fingerprint density at radius 2 is 2.27 bits per heavy atom. The molecule has 0 radical (unpaired) electrons. The molecule has 1 aromatic carbocycles. The van der Waals surface area contributed by atoms with Crippen LogP contribution in [0.25, 0.3) is 6.08 Å². The van der Waals surface area contributed by atoms with Gasteiger partial charge in [-0.2, -0.15) is 0 Å². The van der Waals surface area contributed by atoms with Gasteiger partial charge < -0.3 is 0 Å². The molecule has 0 saturated carbocycles. The van der Waals surface area contributed by atoms with Crippen molar-refractivity contribution < 1.29 is 0 Å². The first kappa shape index (κ1) is 6.59. The molecule has 0 saturated heterocycles. The highest BCUT2D eigenvalue weighted by Gasteiger charge is 1.95. The van der Waals surface area contributed by atoms with Crippen LogP contribution in [0.3, 0.4) is 0 Å². The van der Waals surface area contributed by atoms with Crippen LogP contribution in [-0.2, 0) is 0 Å². The third kappa shape index (κ3) is 1.07. The summed E-state index contributed by atoms with van der Waals surface area (Å²) in [6.07, 6.45) is 3.35. The average Bonchev–Trinajstić information content (AvgIpc) is 2.06. The summed E-state index contributed by atoms with van der Waals surface area (Å²) in [5.74, 6) is 0. The molecule has 0 fully saturated rings. The van der Waals surface area contributed by atoms with E-state index in [1.54, 1.807) is 0 Å². The summed E-state index contributed by atoms with van der Waals surface area (Å²) >= 11 is 0. The van der Waals surface area contributed by atoms with Gasteiger partial charge in [0, 0.05) is 6.54 Å². The van der Waals surface area contributed by atoms with Crippen molar-refractivity contribution in [3.05, 3.63) is 34.3 Å². The molecule has 56 valence electrons. The molecule has 1 heterocycles. The highest BCUT2D eigenvalue weighted by Crippen LogP contribution is 1.90. The number of hydrogen-bond donors (Lipinski definition) is 0. The Balaban J connectivity index is 2.88. The maximum absolute atomic E-state index is 4.46. The highest BCUT2D eigenvalue weighted by molar-refractivity contribution is 5.28. The molecule has 0 N–H and O–H groups in total. The standard InChI is InChI=1S/C10H11N/c1-8-4-2-5-9-6-3-7-11-10(8)9/h2,4-6H,3,7H2,1H3. The van der Waals surface area contributed by atoms with E-state index in [1.165, 1.54) is 16.1 Å². The summed E-state index contributed by atoms with van der Waals surface area (Å²) in [6.45, 7) is 3.07. The van der Waals surface area contributed by atoms with Crippen LogP contribution < -0.4 is 10.6 Å². The SMILES string of the molecule is Cc1cccc2c1=NCCC=2. The predicted octanol–water partition coefficient (Wildman–Crippen LogP) is 0.799. The zero-order valence-electron chi connectivity index (χ0n) is 6.67. The fraction of sp³-hybridized carbons (Fsp3) is 0.300. The Morgan fingerprint density at radius 3 is 3.09 bits per heavy atom. The first-order valence-electron chi connectivity index (χ1n) is 3.98. The minimum Gasteiger partial charge on any atom is -0.284 e. The molecule has 0 unspecified atom stereocenters. The smallest absolute Gasteiger partial charge is 0.0672 e. The van der Waals surface area contributed by atoms with E-state index in [9.17, 15) is 0 Å². The van der Waals surface area contributed by atoms with Gasteiger partial charge in [0.2, 0.25) is 0 Å². The van der Waals surface area contributed by atoms with Crippen LogP contribution >= 0.6 is 0 Å². The fourth-order valence-corrected chi connectivity index (χ4v) is 1.46. The van der Waals surface area contributed by atoms with Crippen molar-refractivity contribution in [2.45, 2.75) is 13.3 Å². The molecule has 0 spiro atoms. The van der Waals surface area contributed by atoms with Gasteiger partial charge in [0.05, 0.1) is 5.36 Å². The maximum Gasteiger partial charge on any atom is 0.0672 e. The predicted molar refractivity (Wildman–Crippen MR) is 45.9 cm³/mol. The lowest BCUT2D eigenvalue weighted by Crippen LogP contribution is -2.30. The topological polar surface area (TPSA) is 12.4 Å². The molecule has 1 aromatic rings. The summed E-state index contributed by atoms with van der Waals surface area (Å²) in [5, 5.41) is 2.50. The molecule has 0 aliphatic carbocycles. The van der Waals surface area contributed by atoms with E-state index in [4.69, 9.17) is 0 Å². The van der Waals surface area contributed by atoms with Gasteiger partial charge >= 0.3 is 0 Å². The number of benzene rings is 1. The number of rotatable bonds is 0. The van der Waals surface area contributed by atoms with E-state index in [2.05, 4.69) is 36.2 Å². The quantitative estimate of drug-likeness (QED) is 0.512. The average molecular weight is 145 g/mol. The lowest BCUT2D eigenvalue weighted by molar-refractivity contribution is 0.951. The minimum atomic E-state index is 0.956. The molecular weight excluding hydrogens is 134 g/mol. The summed E-state index contributed by atoms with van der Waals surface area (Å²) in [4.78, 5) is 4.46. The fourth-order valence-electron chi connectivity index (χ4n) is 1.46. The Kier molecular flexibility index (Phi) is 1.50. The summed E-state index contributed by atoms with van der Waals surface area (Å²) in [6, 6.07) is 6.33. The summed E-state index contributed by atoms with van der Waals surface area (Å²) in [5.41, 5.74) is 1.29. The number of para-hydroxylation sites is 1. The van der Waals surface area contributed by atoms with Gasteiger partial charge in [-0.05, 0) is 24.1 Å². The number of aryl methyl sites for hydroxylation is 1. The molecule has 1 nitrogen and oxygen atoms in total. The molecule has 1 aliphatic heterocycles. The molecule has 11 heavy (non-hydrogen) atoms. The molecule has 0 aromatic heterocycles. The van der Waals surface area contributed by atoms with Crippen molar-refractivity contribution in [3.63, 3.8) is 0 Å². The van der Waals surface area contributed by atoms with E-state index in [0.717, 1.165) is 13.0 Å². The van der Waals surface area contributed by atoms with Crippen molar-refractivity contribution in [3.8, 4) is 0 Å². The van der Waals surface area contributed by atoms with Gasteiger partial charge in [0.1, 0.15) is 0 Å². The molecule has 2 rings (SSSR count). The summed E-state index contributed by atoms with van der Waals surface area (Å²) < 4.78 is 0. The second-order valence-corrected chi connectivity index (χ2v) is 2.89. The number of hydrogen-bond acceptors (Lipinski definition) is 1. The highest BCUT2D eigenvalue weighted by atomic mass is 14.7. The molecule has 0 atom stereocenters. The van der Waals surface area contributed by atoms with Gasteiger partial charge in [-0.3, -0.25) is 4.99 Å². The van der Waals surface area contributed by atoms with Gasteiger partial charge in [-0.1, -0.05) is 24.3 Å². The molecule has 0 amide bonds. The molecule has 1 heteroatoms. The van der Waals surface area contributed by atoms with Crippen molar-refractivity contribution in [1.29, 1.82) is 0 Å². The van der Waals surface area contributed by atoms with Crippen molar-refractivity contribution in [2.75, 3.05) is 6.54 Å². The maximum atomic E-state index is 4.46. The first-order chi connectivity index (χ1) is 5.38. The van der Waals surface area contributed by atoms with Crippen LogP contribution in [0.15, 0.2) is 23.2 Å². The Hall–Kier alpha value is -1.11. The number of nitrogens with zero attached hydrogens (tertiary/aromatic N) is 1. The Morgan fingerprint density at radius 1 is 1.36 bits per heavy atom. The third-order valence-corrected chi connectivity index (χ3v) is 2.03. The van der Waals surface area contributed by atoms with Crippen LogP contribution in [0, 0.1) is 6.92 Å². The first-order valence-corrected chi connectivity index (χ1v) is 3.98. The minimum absolute atomic E-state index is 0.956. The van der Waals surface area contributed by atoms with Crippen molar-refractivity contribution >= 4 is 6.08 Å². The van der Waals surface area contributed by atoms with Gasteiger partial charge in [-0.25, -0.2) is 0 Å². The lowest BCUT2D eigenvalue weighted by atomic mass is 10.1. The molecule has 0 bridgehead atoms. The Labute approximate surface area is 66.1 Å². The van der Waals surface area contributed by atoms with Gasteiger partial charge in [0.15, 0.2) is 0 Å². The van der Waals surface area contributed by atoms with Crippen molar-refractivity contribution in [1.82, 2.24) is 0 Å². The third-order valence-electron chi connectivity index (χ3n) is 2.03. The van der Waals surface area contributed by atoms with E-state index >= 15 is 0 Å². The van der Waals surface area contributed by atoms with E-state index in [0.29, 0.717) is 0 Å². The van der Waals surface area contributed by atoms with Crippen LogP contribution in [0.2, 0.25) is 0 Å². The summed E-state index contributed by atoms with van der Waals surface area (Å²) in [7, 11) is 0. The second kappa shape index (κ2) is 2.50. The monoisotopic (exact) mass is 145 g/mol. The van der Waals surface area contributed by atoms with Crippen LogP contribution in [0.5, 0.6) is 0 Å². The van der Waals surface area contributed by atoms with Gasteiger partial charge in [0.25, 0.3) is 0 Å². The second-order valence-electron chi connectivity index (χ2n) is 2.89. The van der Waals surface area contributed by atoms with Crippen LogP contribution in [0.4, 0.5) is 0 Å². The van der Waals surface area contributed by atoms with Crippen LogP contribution in [0.1, 0.15) is 12.0 Å². The van der Waals surface area contributed by atoms with E-state index in [1.807, 2.05) is 0 Å². The largest absolute Gasteiger partial charge is 0.284 e. The van der Waals surface area contributed by atoms with Crippen LogP contribution in [-0.4, -0.2) is 6.54 Å². The van der Waals surface area contributed by atoms with Crippen molar-refractivity contribution in [2.24, 2.45) is 4.99 Å².